The maximum atomic E-state index is 12.1. The molecule has 0 radical (unpaired) electrons. The van der Waals surface area contributed by atoms with E-state index in [0.29, 0.717) is 18.4 Å². The average molecular weight is 274 g/mol. The molecule has 20 heavy (non-hydrogen) atoms. The minimum absolute atomic E-state index is 0.127. The van der Waals surface area contributed by atoms with Gasteiger partial charge < -0.3 is 15.0 Å². The van der Waals surface area contributed by atoms with Crippen LogP contribution in [0, 0.1) is 5.92 Å². The van der Waals surface area contributed by atoms with Crippen molar-refractivity contribution in [1.82, 2.24) is 5.32 Å². The summed E-state index contributed by atoms with van der Waals surface area (Å²) in [6.07, 6.45) is 1.96. The van der Waals surface area contributed by atoms with Crippen LogP contribution in [0.15, 0.2) is 24.3 Å². The first kappa shape index (κ1) is 13.6. The van der Waals surface area contributed by atoms with Gasteiger partial charge in [-0.05, 0) is 30.9 Å². The number of para-hydroxylation sites is 1. The van der Waals surface area contributed by atoms with Crippen LogP contribution >= 0.6 is 0 Å². The van der Waals surface area contributed by atoms with E-state index in [1.807, 2.05) is 25.2 Å². The molecule has 1 aromatic rings. The third-order valence-electron chi connectivity index (χ3n) is 4.59. The van der Waals surface area contributed by atoms with Gasteiger partial charge in [0.1, 0.15) is 0 Å². The fraction of sp³-hybridized carbons (Fsp3) is 0.562. The quantitative estimate of drug-likeness (QED) is 0.918. The van der Waals surface area contributed by atoms with E-state index in [1.54, 1.807) is 4.90 Å². The molecule has 4 nitrogen and oxygen atoms in total. The molecule has 0 saturated carbocycles. The zero-order valence-corrected chi connectivity index (χ0v) is 12.1. The standard InChI is InChI=1S/C16H22N2O2/c1-11-12(7-8-20-11)10-17-14-9-16(19)18(2)15-6-4-3-5-13(14)15/h3-6,11-12,14,17H,7-10H2,1-2H3. The first-order valence-corrected chi connectivity index (χ1v) is 7.37. The Hall–Kier alpha value is -1.39. The van der Waals surface area contributed by atoms with Crippen LogP contribution < -0.4 is 10.2 Å². The largest absolute Gasteiger partial charge is 0.378 e. The maximum Gasteiger partial charge on any atom is 0.228 e. The molecule has 1 fully saturated rings. The van der Waals surface area contributed by atoms with Gasteiger partial charge in [-0.1, -0.05) is 18.2 Å². The highest BCUT2D eigenvalue weighted by Gasteiger charge is 2.30. The van der Waals surface area contributed by atoms with Crippen LogP contribution in [0.4, 0.5) is 5.69 Å². The van der Waals surface area contributed by atoms with Crippen molar-refractivity contribution in [3.63, 3.8) is 0 Å². The van der Waals surface area contributed by atoms with Crippen LogP contribution in [0.5, 0.6) is 0 Å². The van der Waals surface area contributed by atoms with Gasteiger partial charge >= 0.3 is 0 Å². The molecule has 3 unspecified atom stereocenters. The Labute approximate surface area is 120 Å². The molecular formula is C16H22N2O2. The molecule has 1 N–H and O–H groups in total. The second kappa shape index (κ2) is 5.54. The Kier molecular flexibility index (Phi) is 3.76. The number of rotatable bonds is 3. The highest BCUT2D eigenvalue weighted by molar-refractivity contribution is 5.96. The van der Waals surface area contributed by atoms with Crippen molar-refractivity contribution >= 4 is 11.6 Å². The number of carbonyl (C=O) groups is 1. The third-order valence-corrected chi connectivity index (χ3v) is 4.59. The predicted octanol–water partition coefficient (Wildman–Crippen LogP) is 2.11. The fourth-order valence-electron chi connectivity index (χ4n) is 3.16. The molecule has 3 atom stereocenters. The van der Waals surface area contributed by atoms with Crippen molar-refractivity contribution in [2.45, 2.75) is 31.9 Å². The number of hydrogen-bond acceptors (Lipinski definition) is 3. The molecule has 1 aromatic carbocycles. The van der Waals surface area contributed by atoms with Crippen molar-refractivity contribution in [2.24, 2.45) is 5.92 Å². The van der Waals surface area contributed by atoms with E-state index in [-0.39, 0.29) is 11.9 Å². The molecule has 4 heteroatoms. The Morgan fingerprint density at radius 2 is 2.20 bits per heavy atom. The van der Waals surface area contributed by atoms with E-state index in [0.717, 1.165) is 25.3 Å². The molecule has 3 rings (SSSR count). The number of nitrogens with zero attached hydrogens (tertiary/aromatic N) is 1. The molecule has 2 aliphatic heterocycles. The summed E-state index contributed by atoms with van der Waals surface area (Å²) in [6.45, 7) is 3.90. The predicted molar refractivity (Wildman–Crippen MR) is 78.7 cm³/mol. The van der Waals surface area contributed by atoms with Gasteiger partial charge in [0, 0.05) is 38.3 Å². The molecule has 0 aliphatic carbocycles. The van der Waals surface area contributed by atoms with Gasteiger partial charge in [0.25, 0.3) is 0 Å². The van der Waals surface area contributed by atoms with E-state index < -0.39 is 0 Å². The van der Waals surface area contributed by atoms with Gasteiger partial charge in [0.15, 0.2) is 0 Å². The highest BCUT2D eigenvalue weighted by atomic mass is 16.5. The van der Waals surface area contributed by atoms with Crippen LogP contribution in [0.3, 0.4) is 0 Å². The SMILES string of the molecule is CC1OCCC1CNC1CC(=O)N(C)c2ccccc21. The van der Waals surface area contributed by atoms with Crippen LogP contribution in [0.2, 0.25) is 0 Å². The minimum atomic E-state index is 0.127. The number of fused-ring (bicyclic) bond motifs is 1. The fourth-order valence-corrected chi connectivity index (χ4v) is 3.16. The second-order valence-electron chi connectivity index (χ2n) is 5.80. The average Bonchev–Trinajstić information content (AvgIpc) is 2.87. The summed E-state index contributed by atoms with van der Waals surface area (Å²) in [5, 5.41) is 3.57. The lowest BCUT2D eigenvalue weighted by Crippen LogP contribution is -2.39. The van der Waals surface area contributed by atoms with Gasteiger partial charge in [-0.15, -0.1) is 0 Å². The number of nitrogens with one attached hydrogen (secondary N) is 1. The molecule has 1 amide bonds. The first-order valence-electron chi connectivity index (χ1n) is 7.37. The number of amides is 1. The van der Waals surface area contributed by atoms with Crippen molar-refractivity contribution < 1.29 is 9.53 Å². The monoisotopic (exact) mass is 274 g/mol. The second-order valence-corrected chi connectivity index (χ2v) is 5.80. The van der Waals surface area contributed by atoms with Crippen LogP contribution in [0.25, 0.3) is 0 Å². The third kappa shape index (κ3) is 2.45. The number of carbonyl (C=O) groups excluding carboxylic acids is 1. The van der Waals surface area contributed by atoms with Crippen molar-refractivity contribution in [1.29, 1.82) is 0 Å². The minimum Gasteiger partial charge on any atom is -0.378 e. The molecule has 0 aromatic heterocycles. The molecule has 0 spiro atoms. The molecular weight excluding hydrogens is 252 g/mol. The summed E-state index contributed by atoms with van der Waals surface area (Å²) in [4.78, 5) is 13.8. The van der Waals surface area contributed by atoms with E-state index in [9.17, 15) is 4.79 Å². The lowest BCUT2D eigenvalue weighted by molar-refractivity contribution is -0.119. The van der Waals surface area contributed by atoms with Gasteiger partial charge in [0.05, 0.1) is 6.10 Å². The van der Waals surface area contributed by atoms with Crippen LogP contribution in [-0.2, 0) is 9.53 Å². The number of benzene rings is 1. The topological polar surface area (TPSA) is 41.6 Å². The molecule has 108 valence electrons. The normalized spacial score (nSPS) is 29.6. The van der Waals surface area contributed by atoms with Gasteiger partial charge in [-0.3, -0.25) is 4.79 Å². The first-order chi connectivity index (χ1) is 9.66. The molecule has 0 bridgehead atoms. The van der Waals surface area contributed by atoms with E-state index in [1.165, 1.54) is 5.56 Å². The molecule has 1 saturated heterocycles. The smallest absolute Gasteiger partial charge is 0.228 e. The lowest BCUT2D eigenvalue weighted by Gasteiger charge is -2.32. The van der Waals surface area contributed by atoms with Gasteiger partial charge in [-0.25, -0.2) is 0 Å². The Bertz CT molecular complexity index is 503. The van der Waals surface area contributed by atoms with Crippen LogP contribution in [-0.4, -0.2) is 32.2 Å². The molecule has 2 aliphatic rings. The zero-order valence-electron chi connectivity index (χ0n) is 12.1. The lowest BCUT2D eigenvalue weighted by atomic mass is 9.95. The number of anilines is 1. The van der Waals surface area contributed by atoms with Crippen molar-refractivity contribution in [2.75, 3.05) is 25.1 Å². The van der Waals surface area contributed by atoms with E-state index in [2.05, 4.69) is 18.3 Å². The summed E-state index contributed by atoms with van der Waals surface area (Å²) in [5.41, 5.74) is 2.25. The Morgan fingerprint density at radius 3 is 2.95 bits per heavy atom. The van der Waals surface area contributed by atoms with E-state index in [4.69, 9.17) is 4.74 Å². The van der Waals surface area contributed by atoms with E-state index >= 15 is 0 Å². The highest BCUT2D eigenvalue weighted by Crippen LogP contribution is 2.33. The van der Waals surface area contributed by atoms with Crippen LogP contribution in [0.1, 0.15) is 31.4 Å². The summed E-state index contributed by atoms with van der Waals surface area (Å²) < 4.78 is 5.60. The Balaban J connectivity index is 1.73. The Morgan fingerprint density at radius 1 is 1.40 bits per heavy atom. The zero-order chi connectivity index (χ0) is 14.1. The van der Waals surface area contributed by atoms with Crippen molar-refractivity contribution in [3.05, 3.63) is 29.8 Å². The molecule has 2 heterocycles. The summed E-state index contributed by atoms with van der Waals surface area (Å²) in [6, 6.07) is 8.28. The number of hydrogen-bond donors (Lipinski definition) is 1. The number of ether oxygens (including phenoxy) is 1. The maximum absolute atomic E-state index is 12.1. The summed E-state index contributed by atoms with van der Waals surface area (Å²) in [5.74, 6) is 0.730. The summed E-state index contributed by atoms with van der Waals surface area (Å²) >= 11 is 0. The van der Waals surface area contributed by atoms with Crippen molar-refractivity contribution in [3.8, 4) is 0 Å². The van der Waals surface area contributed by atoms with Gasteiger partial charge in [0.2, 0.25) is 5.91 Å². The van der Waals surface area contributed by atoms with Gasteiger partial charge in [-0.2, -0.15) is 0 Å². The summed E-state index contributed by atoms with van der Waals surface area (Å²) in [7, 11) is 1.85.